The van der Waals surface area contributed by atoms with E-state index in [9.17, 15) is 9.59 Å². The average Bonchev–Trinajstić information content (AvgIpc) is 2.12. The van der Waals surface area contributed by atoms with E-state index in [0.29, 0.717) is 0 Å². The number of amides is 1. The maximum atomic E-state index is 11.3. The molecule has 0 bridgehead atoms. The molecule has 0 aromatic carbocycles. The zero-order chi connectivity index (χ0) is 11.4. The van der Waals surface area contributed by atoms with E-state index in [2.05, 4.69) is 15.4 Å². The quantitative estimate of drug-likeness (QED) is 0.688. The lowest BCUT2D eigenvalue weighted by Gasteiger charge is -2.32. The second kappa shape index (κ2) is 4.95. The molecule has 0 heterocycles. The molecule has 14 heavy (non-hydrogen) atoms. The molecule has 5 nitrogen and oxygen atoms in total. The monoisotopic (exact) mass is 202 g/mol. The minimum atomic E-state index is -0.603. The first-order valence-corrected chi connectivity index (χ1v) is 4.39. The molecule has 82 valence electrons. The van der Waals surface area contributed by atoms with Gasteiger partial charge in [-0.3, -0.25) is 4.79 Å². The summed E-state index contributed by atoms with van der Waals surface area (Å²) in [5, 5.41) is 5.45. The number of carbonyl (C=O) groups is 2. The molecule has 2 N–H and O–H groups in total. The van der Waals surface area contributed by atoms with E-state index in [1.807, 2.05) is 13.8 Å². The molecular formula is C9H18N2O3. The highest BCUT2D eigenvalue weighted by Gasteiger charge is 2.32. The van der Waals surface area contributed by atoms with Crippen LogP contribution in [0.4, 0.5) is 4.79 Å². The first-order valence-electron chi connectivity index (χ1n) is 4.39. The van der Waals surface area contributed by atoms with Crippen LogP contribution in [0.3, 0.4) is 0 Å². The van der Waals surface area contributed by atoms with Gasteiger partial charge in [0.1, 0.15) is 6.04 Å². The van der Waals surface area contributed by atoms with Gasteiger partial charge in [0.2, 0.25) is 0 Å². The van der Waals surface area contributed by atoms with Crippen molar-refractivity contribution < 1.29 is 14.3 Å². The number of nitrogens with one attached hydrogen (secondary N) is 2. The normalized spacial score (nSPS) is 13.2. The fourth-order valence-corrected chi connectivity index (χ4v) is 1.11. The second-order valence-corrected chi connectivity index (χ2v) is 3.65. The molecule has 0 spiro atoms. The number of ether oxygens (including phenoxy) is 1. The standard InChI is InChI=1S/C9H18N2O3/c1-6(12)7(9(2,3)10-4)11-8(13)14-5/h7,10H,1-5H3,(H,11,13). The fourth-order valence-electron chi connectivity index (χ4n) is 1.11. The second-order valence-electron chi connectivity index (χ2n) is 3.65. The fraction of sp³-hybridized carbons (Fsp3) is 0.778. The van der Waals surface area contributed by atoms with Crippen LogP contribution in [0.1, 0.15) is 20.8 Å². The predicted molar refractivity (Wildman–Crippen MR) is 53.1 cm³/mol. The molecule has 0 aliphatic rings. The van der Waals surface area contributed by atoms with Crippen molar-refractivity contribution in [3.8, 4) is 0 Å². The molecule has 1 unspecified atom stereocenters. The molecular weight excluding hydrogens is 184 g/mol. The molecule has 1 amide bonds. The highest BCUT2D eigenvalue weighted by molar-refractivity contribution is 5.86. The molecule has 0 saturated heterocycles. The highest BCUT2D eigenvalue weighted by atomic mass is 16.5. The van der Waals surface area contributed by atoms with Crippen LogP contribution in [-0.4, -0.2) is 37.6 Å². The maximum Gasteiger partial charge on any atom is 0.407 e. The number of alkyl carbamates (subject to hydrolysis) is 1. The van der Waals surface area contributed by atoms with Gasteiger partial charge in [0.05, 0.1) is 7.11 Å². The van der Waals surface area contributed by atoms with E-state index >= 15 is 0 Å². The van der Waals surface area contributed by atoms with Crippen LogP contribution >= 0.6 is 0 Å². The average molecular weight is 202 g/mol. The third kappa shape index (κ3) is 3.33. The van der Waals surface area contributed by atoms with E-state index < -0.39 is 17.7 Å². The van der Waals surface area contributed by atoms with Gasteiger partial charge in [0, 0.05) is 5.54 Å². The summed E-state index contributed by atoms with van der Waals surface area (Å²) in [7, 11) is 2.99. The molecule has 0 aliphatic carbocycles. The lowest BCUT2D eigenvalue weighted by atomic mass is 9.92. The number of rotatable bonds is 4. The summed E-state index contributed by atoms with van der Waals surface area (Å²) in [6.45, 7) is 5.09. The first-order chi connectivity index (χ1) is 6.35. The van der Waals surface area contributed by atoms with Gasteiger partial charge >= 0.3 is 6.09 Å². The number of methoxy groups -OCH3 is 1. The Morgan fingerprint density at radius 2 is 1.86 bits per heavy atom. The largest absolute Gasteiger partial charge is 0.453 e. The zero-order valence-electron chi connectivity index (χ0n) is 9.30. The number of ketones is 1. The van der Waals surface area contributed by atoms with Crippen LogP contribution in [0.25, 0.3) is 0 Å². The highest BCUT2D eigenvalue weighted by Crippen LogP contribution is 2.09. The van der Waals surface area contributed by atoms with E-state index in [-0.39, 0.29) is 5.78 Å². The lowest BCUT2D eigenvalue weighted by molar-refractivity contribution is -0.120. The summed E-state index contributed by atoms with van der Waals surface area (Å²) in [5.41, 5.74) is -0.500. The number of hydrogen-bond donors (Lipinski definition) is 2. The minimum absolute atomic E-state index is 0.116. The van der Waals surface area contributed by atoms with Crippen molar-refractivity contribution >= 4 is 11.9 Å². The van der Waals surface area contributed by atoms with Crippen LogP contribution in [0.2, 0.25) is 0 Å². The molecule has 5 heteroatoms. The minimum Gasteiger partial charge on any atom is -0.453 e. The number of likely N-dealkylation sites (N-methyl/N-ethyl adjacent to an activating group) is 1. The Labute approximate surface area is 84.2 Å². The Kier molecular flexibility index (Phi) is 4.56. The van der Waals surface area contributed by atoms with Crippen LogP contribution in [0.15, 0.2) is 0 Å². The van der Waals surface area contributed by atoms with Crippen LogP contribution in [-0.2, 0) is 9.53 Å². The summed E-state index contributed by atoms with van der Waals surface area (Å²) in [6.07, 6.45) is -0.603. The van der Waals surface area contributed by atoms with E-state index in [1.54, 1.807) is 7.05 Å². The van der Waals surface area contributed by atoms with Gasteiger partial charge in [-0.25, -0.2) is 4.79 Å². The van der Waals surface area contributed by atoms with Crippen molar-refractivity contribution in [2.75, 3.05) is 14.2 Å². The summed E-state index contributed by atoms with van der Waals surface area (Å²) < 4.78 is 4.44. The van der Waals surface area contributed by atoms with Crippen LogP contribution in [0.5, 0.6) is 0 Å². The van der Waals surface area contributed by atoms with Crippen molar-refractivity contribution in [1.82, 2.24) is 10.6 Å². The van der Waals surface area contributed by atoms with Gasteiger partial charge in [-0.2, -0.15) is 0 Å². The van der Waals surface area contributed by atoms with Crippen molar-refractivity contribution in [3.05, 3.63) is 0 Å². The molecule has 0 aromatic rings. The summed E-state index contributed by atoms with van der Waals surface area (Å²) in [4.78, 5) is 22.3. The van der Waals surface area contributed by atoms with Crippen molar-refractivity contribution in [1.29, 1.82) is 0 Å². The molecule has 0 saturated carbocycles. The van der Waals surface area contributed by atoms with Gasteiger partial charge in [0.25, 0.3) is 0 Å². The van der Waals surface area contributed by atoms with Gasteiger partial charge in [-0.15, -0.1) is 0 Å². The summed E-state index contributed by atoms with van der Waals surface area (Å²) >= 11 is 0. The molecule has 1 atom stereocenters. The molecule has 0 aromatic heterocycles. The van der Waals surface area contributed by atoms with Crippen molar-refractivity contribution in [2.45, 2.75) is 32.4 Å². The molecule has 0 aliphatic heterocycles. The van der Waals surface area contributed by atoms with Crippen LogP contribution in [0, 0.1) is 0 Å². The third-order valence-corrected chi connectivity index (χ3v) is 2.22. The third-order valence-electron chi connectivity index (χ3n) is 2.22. The topological polar surface area (TPSA) is 67.4 Å². The van der Waals surface area contributed by atoms with Gasteiger partial charge < -0.3 is 15.4 Å². The molecule has 0 rings (SSSR count). The molecule has 0 radical (unpaired) electrons. The summed E-state index contributed by atoms with van der Waals surface area (Å²) in [5.74, 6) is -0.116. The van der Waals surface area contributed by atoms with Crippen molar-refractivity contribution in [3.63, 3.8) is 0 Å². The van der Waals surface area contributed by atoms with Gasteiger partial charge in [-0.1, -0.05) is 0 Å². The van der Waals surface area contributed by atoms with Gasteiger partial charge in [0.15, 0.2) is 5.78 Å². The Balaban J connectivity index is 4.61. The van der Waals surface area contributed by atoms with E-state index in [4.69, 9.17) is 0 Å². The van der Waals surface area contributed by atoms with E-state index in [1.165, 1.54) is 14.0 Å². The number of carbonyl (C=O) groups excluding carboxylic acids is 2. The Bertz CT molecular complexity index is 226. The maximum absolute atomic E-state index is 11.3. The SMILES string of the molecule is CNC(C)(C)C(NC(=O)OC)C(C)=O. The zero-order valence-corrected chi connectivity index (χ0v) is 9.30. The Hall–Kier alpha value is -1.10. The molecule has 0 fully saturated rings. The van der Waals surface area contributed by atoms with Crippen LogP contribution < -0.4 is 10.6 Å². The van der Waals surface area contributed by atoms with E-state index in [0.717, 1.165) is 0 Å². The summed E-state index contributed by atoms with van der Waals surface area (Å²) in [6, 6.07) is -0.597. The Morgan fingerprint density at radius 3 is 2.14 bits per heavy atom. The predicted octanol–water partition coefficient (Wildman–Crippen LogP) is 0.298. The smallest absolute Gasteiger partial charge is 0.407 e. The number of hydrogen-bond acceptors (Lipinski definition) is 4. The number of Topliss-reactive ketones (excluding diaryl/α,β-unsaturated/α-hetero) is 1. The first kappa shape index (κ1) is 12.9. The Morgan fingerprint density at radius 1 is 1.36 bits per heavy atom. The van der Waals surface area contributed by atoms with Crippen molar-refractivity contribution in [2.24, 2.45) is 0 Å². The lowest BCUT2D eigenvalue weighted by Crippen LogP contribution is -2.59. The van der Waals surface area contributed by atoms with Gasteiger partial charge in [-0.05, 0) is 27.8 Å².